The lowest BCUT2D eigenvalue weighted by atomic mass is 9.82. The largest absolute Gasteiger partial charge is 0.477 e. The Morgan fingerprint density at radius 2 is 2.03 bits per heavy atom. The van der Waals surface area contributed by atoms with Gasteiger partial charge in [0.1, 0.15) is 10.6 Å². The highest BCUT2D eigenvalue weighted by molar-refractivity contribution is 7.10. The molecule has 0 aliphatic carbocycles. The van der Waals surface area contributed by atoms with E-state index in [1.165, 1.54) is 5.38 Å². The monoisotopic (exact) mass is 480 g/mol. The zero-order chi connectivity index (χ0) is 23.6. The number of ether oxygens (including phenoxy) is 1. The van der Waals surface area contributed by atoms with Crippen LogP contribution in [0.5, 0.6) is 5.75 Å². The molecule has 1 saturated heterocycles. The van der Waals surface area contributed by atoms with E-state index in [2.05, 4.69) is 4.98 Å². The Hall–Kier alpha value is -2.14. The van der Waals surface area contributed by atoms with Gasteiger partial charge in [0.25, 0.3) is 0 Å². The Labute approximate surface area is 185 Å². The fourth-order valence-electron chi connectivity index (χ4n) is 4.15. The van der Waals surface area contributed by atoms with Crippen molar-refractivity contribution in [2.75, 3.05) is 6.54 Å². The van der Waals surface area contributed by atoms with Crippen molar-refractivity contribution in [2.24, 2.45) is 0 Å². The third kappa shape index (κ3) is 5.25. The van der Waals surface area contributed by atoms with Gasteiger partial charge in [-0.3, -0.25) is 14.7 Å². The number of alkyl halides is 6. The lowest BCUT2D eigenvalue weighted by Gasteiger charge is -2.47. The zero-order valence-electron chi connectivity index (χ0n) is 17.2. The van der Waals surface area contributed by atoms with Crippen molar-refractivity contribution in [3.05, 3.63) is 45.9 Å². The molecular formula is C21H22F6N2O2S. The summed E-state index contributed by atoms with van der Waals surface area (Å²) in [5.41, 5.74) is -2.30. The van der Waals surface area contributed by atoms with Crippen LogP contribution in [0.2, 0.25) is 0 Å². The highest BCUT2D eigenvalue weighted by Crippen LogP contribution is 2.41. The topological polar surface area (TPSA) is 42.4 Å². The molecule has 0 radical (unpaired) electrons. The Kier molecular flexibility index (Phi) is 7.18. The van der Waals surface area contributed by atoms with Gasteiger partial charge in [0.2, 0.25) is 0 Å². The SMILES string of the molecule is CCC[C@H]1N(Cc2cnccc2C(F)(F)F)CCC[C@]1(C=O)Oc1csc(C(F)(F)F)c1. The Morgan fingerprint density at radius 3 is 2.62 bits per heavy atom. The maximum atomic E-state index is 13.4. The highest BCUT2D eigenvalue weighted by Gasteiger charge is 2.47. The van der Waals surface area contributed by atoms with Crippen LogP contribution in [0.25, 0.3) is 0 Å². The second-order valence-corrected chi connectivity index (χ2v) is 8.64. The standard InChI is InChI=1S/C21H22F6N2O2S/c1-2-4-17-19(13-30,31-15-9-18(32-12-15)21(25,26)27)6-3-8-29(17)11-14-10-28-7-5-16(14)20(22,23)24/h5,7,9-10,12-13,17H,2-4,6,8,11H2,1H3/t17-,19-/m1/s1. The number of hydrogen-bond acceptors (Lipinski definition) is 5. The third-order valence-electron chi connectivity index (χ3n) is 5.52. The van der Waals surface area contributed by atoms with E-state index in [-0.39, 0.29) is 24.3 Å². The lowest BCUT2D eigenvalue weighted by Crippen LogP contribution is -2.60. The molecule has 0 aromatic carbocycles. The van der Waals surface area contributed by atoms with Gasteiger partial charge >= 0.3 is 12.4 Å². The molecule has 0 N–H and O–H groups in total. The molecule has 1 aliphatic heterocycles. The van der Waals surface area contributed by atoms with Gasteiger partial charge in [0.15, 0.2) is 11.9 Å². The zero-order valence-corrected chi connectivity index (χ0v) is 18.0. The van der Waals surface area contributed by atoms with Crippen molar-refractivity contribution in [1.29, 1.82) is 0 Å². The predicted molar refractivity (Wildman–Crippen MR) is 106 cm³/mol. The van der Waals surface area contributed by atoms with E-state index < -0.39 is 34.4 Å². The van der Waals surface area contributed by atoms with Crippen LogP contribution in [0.3, 0.4) is 0 Å². The van der Waals surface area contributed by atoms with Crippen molar-refractivity contribution in [3.63, 3.8) is 0 Å². The molecule has 11 heteroatoms. The molecular weight excluding hydrogens is 458 g/mol. The van der Waals surface area contributed by atoms with E-state index in [0.717, 1.165) is 24.5 Å². The number of aldehydes is 1. The average Bonchev–Trinajstić information content (AvgIpc) is 3.19. The fourth-order valence-corrected chi connectivity index (χ4v) is 4.83. The number of thiophene rings is 1. The molecule has 3 heterocycles. The molecule has 0 amide bonds. The second-order valence-electron chi connectivity index (χ2n) is 7.73. The molecule has 0 saturated carbocycles. The number of hydrogen-bond donors (Lipinski definition) is 0. The minimum atomic E-state index is -4.56. The minimum Gasteiger partial charge on any atom is -0.477 e. The normalized spacial score (nSPS) is 22.7. The van der Waals surface area contributed by atoms with Gasteiger partial charge in [0, 0.05) is 30.4 Å². The molecule has 176 valence electrons. The Morgan fingerprint density at radius 1 is 1.28 bits per heavy atom. The van der Waals surface area contributed by atoms with Crippen molar-refractivity contribution in [2.45, 2.75) is 63.1 Å². The molecule has 1 aliphatic rings. The number of rotatable bonds is 7. The van der Waals surface area contributed by atoms with Crippen LogP contribution in [-0.4, -0.2) is 34.4 Å². The molecule has 2 aromatic heterocycles. The van der Waals surface area contributed by atoms with E-state index in [1.54, 1.807) is 4.90 Å². The molecule has 4 nitrogen and oxygen atoms in total. The van der Waals surface area contributed by atoms with Crippen LogP contribution in [0, 0.1) is 0 Å². The molecule has 0 unspecified atom stereocenters. The highest BCUT2D eigenvalue weighted by atomic mass is 32.1. The summed E-state index contributed by atoms with van der Waals surface area (Å²) in [6.45, 7) is 2.18. The van der Waals surface area contributed by atoms with Crippen LogP contribution in [0.1, 0.15) is 48.6 Å². The molecule has 1 fully saturated rings. The van der Waals surface area contributed by atoms with Crippen LogP contribution in [0.15, 0.2) is 29.9 Å². The second kappa shape index (κ2) is 9.38. The van der Waals surface area contributed by atoms with Gasteiger partial charge in [-0.1, -0.05) is 13.3 Å². The first-order chi connectivity index (χ1) is 15.0. The van der Waals surface area contributed by atoms with E-state index in [4.69, 9.17) is 4.74 Å². The first-order valence-electron chi connectivity index (χ1n) is 10.1. The number of aromatic nitrogens is 1. The fraction of sp³-hybridized carbons (Fsp3) is 0.524. The van der Waals surface area contributed by atoms with Gasteiger partial charge in [-0.2, -0.15) is 26.3 Å². The molecule has 0 bridgehead atoms. The summed E-state index contributed by atoms with van der Waals surface area (Å²) in [6.07, 6.45) is -4.55. The molecule has 3 rings (SSSR count). The molecule has 2 atom stereocenters. The first-order valence-corrected chi connectivity index (χ1v) is 10.9. The summed E-state index contributed by atoms with van der Waals surface area (Å²) in [5.74, 6) is -0.0743. The smallest absolute Gasteiger partial charge is 0.425 e. The summed E-state index contributed by atoms with van der Waals surface area (Å²) in [6, 6.07) is 1.15. The van der Waals surface area contributed by atoms with Gasteiger partial charge < -0.3 is 4.74 Å². The number of pyridine rings is 1. The molecule has 2 aromatic rings. The quantitative estimate of drug-likeness (QED) is 0.362. The van der Waals surface area contributed by atoms with E-state index in [9.17, 15) is 31.1 Å². The van der Waals surface area contributed by atoms with Gasteiger partial charge in [-0.05, 0) is 37.4 Å². The summed E-state index contributed by atoms with van der Waals surface area (Å²) in [5, 5.41) is 1.19. The maximum Gasteiger partial charge on any atom is 0.425 e. The maximum absolute atomic E-state index is 13.4. The number of nitrogens with zero attached hydrogens (tertiary/aromatic N) is 2. The van der Waals surface area contributed by atoms with Gasteiger partial charge in [0.05, 0.1) is 11.6 Å². The van der Waals surface area contributed by atoms with Crippen LogP contribution in [-0.2, 0) is 23.7 Å². The van der Waals surface area contributed by atoms with E-state index in [1.807, 2.05) is 6.92 Å². The van der Waals surface area contributed by atoms with Gasteiger partial charge in [-0.15, -0.1) is 11.3 Å². The van der Waals surface area contributed by atoms with Crippen LogP contribution >= 0.6 is 11.3 Å². The van der Waals surface area contributed by atoms with Crippen LogP contribution in [0.4, 0.5) is 26.3 Å². The molecule has 0 spiro atoms. The number of carbonyl (C=O) groups excluding carboxylic acids is 1. The summed E-state index contributed by atoms with van der Waals surface area (Å²) >= 11 is 0.464. The van der Waals surface area contributed by atoms with Crippen molar-refractivity contribution >= 4 is 17.6 Å². The van der Waals surface area contributed by atoms with Crippen molar-refractivity contribution < 1.29 is 35.9 Å². The van der Waals surface area contributed by atoms with Crippen molar-refractivity contribution in [3.8, 4) is 5.75 Å². The van der Waals surface area contributed by atoms with E-state index >= 15 is 0 Å². The Bertz CT molecular complexity index is 929. The number of halogens is 6. The predicted octanol–water partition coefficient (Wildman–Crippen LogP) is 5.96. The Balaban J connectivity index is 1.91. The molecule has 32 heavy (non-hydrogen) atoms. The minimum absolute atomic E-state index is 0.0299. The lowest BCUT2D eigenvalue weighted by molar-refractivity contribution is -0.140. The van der Waals surface area contributed by atoms with Crippen molar-refractivity contribution in [1.82, 2.24) is 9.88 Å². The number of carbonyl (C=O) groups is 1. The van der Waals surface area contributed by atoms with E-state index in [0.29, 0.717) is 43.4 Å². The van der Waals surface area contributed by atoms with Gasteiger partial charge in [-0.25, -0.2) is 0 Å². The summed E-state index contributed by atoms with van der Waals surface area (Å²) in [7, 11) is 0. The number of likely N-dealkylation sites (tertiary alicyclic amines) is 1. The first kappa shape index (κ1) is 24.5. The third-order valence-corrected chi connectivity index (χ3v) is 6.48. The van der Waals surface area contributed by atoms with Crippen LogP contribution < -0.4 is 4.74 Å². The number of piperidine rings is 1. The summed E-state index contributed by atoms with van der Waals surface area (Å²) < 4.78 is 85.1. The average molecular weight is 480 g/mol. The summed E-state index contributed by atoms with van der Waals surface area (Å²) in [4.78, 5) is 16.9.